The minimum Gasteiger partial charge on any atom is -0.487 e. The molecule has 0 spiro atoms. The van der Waals surface area contributed by atoms with Crippen molar-refractivity contribution in [2.45, 2.75) is 31.6 Å². The number of nitrogens with one attached hydrogen (secondary N) is 1. The van der Waals surface area contributed by atoms with Gasteiger partial charge in [-0.15, -0.1) is 0 Å². The van der Waals surface area contributed by atoms with Gasteiger partial charge in [-0.2, -0.15) is 0 Å². The van der Waals surface area contributed by atoms with Crippen molar-refractivity contribution < 1.29 is 14.2 Å². The summed E-state index contributed by atoms with van der Waals surface area (Å²) in [6.07, 6.45) is 0.911. The molecule has 0 bridgehead atoms. The summed E-state index contributed by atoms with van der Waals surface area (Å²) in [6.45, 7) is 4.12. The van der Waals surface area contributed by atoms with E-state index in [1.54, 1.807) is 25.3 Å². The van der Waals surface area contributed by atoms with Gasteiger partial charge in [-0.3, -0.25) is 0 Å². The van der Waals surface area contributed by atoms with Crippen LogP contribution in [0.1, 0.15) is 13.3 Å². The summed E-state index contributed by atoms with van der Waals surface area (Å²) in [5, 5.41) is 4.53. The maximum atomic E-state index is 5.99. The van der Waals surface area contributed by atoms with Crippen LogP contribution in [0.4, 0.5) is 0 Å². The summed E-state index contributed by atoms with van der Waals surface area (Å²) >= 11 is 12.0. The molecule has 0 heterocycles. The van der Waals surface area contributed by atoms with Crippen LogP contribution < -0.4 is 10.1 Å². The molecule has 118 valence electrons. The summed E-state index contributed by atoms with van der Waals surface area (Å²) < 4.78 is 16.8. The second-order valence-electron chi connectivity index (χ2n) is 4.99. The predicted octanol–water partition coefficient (Wildman–Crippen LogP) is 3.15. The molecule has 1 N–H and O–H groups in total. The van der Waals surface area contributed by atoms with E-state index in [-0.39, 0.29) is 12.2 Å². The fourth-order valence-electron chi connectivity index (χ4n) is 2.42. The van der Waals surface area contributed by atoms with E-state index in [9.17, 15) is 0 Å². The van der Waals surface area contributed by atoms with Gasteiger partial charge in [-0.05, 0) is 24.7 Å². The maximum absolute atomic E-state index is 5.99. The monoisotopic (exact) mass is 333 g/mol. The topological polar surface area (TPSA) is 39.7 Å². The Kier molecular flexibility index (Phi) is 6.58. The number of likely N-dealkylation sites (N-methyl/N-ethyl adjacent to an activating group) is 1. The van der Waals surface area contributed by atoms with Crippen LogP contribution in [0.3, 0.4) is 0 Å². The van der Waals surface area contributed by atoms with E-state index in [1.165, 1.54) is 0 Å². The molecule has 3 unspecified atom stereocenters. The lowest BCUT2D eigenvalue weighted by atomic mass is 9.85. The Labute approximate surface area is 135 Å². The SMILES string of the molecule is CCNC1CC(Oc2cc(Cl)cc(Cl)c2)C1OCCOC. The summed E-state index contributed by atoms with van der Waals surface area (Å²) in [6, 6.07) is 5.53. The van der Waals surface area contributed by atoms with Gasteiger partial charge in [-0.1, -0.05) is 30.1 Å². The third-order valence-corrected chi connectivity index (χ3v) is 3.87. The summed E-state index contributed by atoms with van der Waals surface area (Å²) in [7, 11) is 1.66. The zero-order chi connectivity index (χ0) is 15.2. The molecule has 1 fully saturated rings. The predicted molar refractivity (Wildman–Crippen MR) is 84.6 cm³/mol. The molecule has 1 saturated carbocycles. The third kappa shape index (κ3) is 4.73. The molecule has 0 aliphatic heterocycles. The highest BCUT2D eigenvalue weighted by atomic mass is 35.5. The van der Waals surface area contributed by atoms with Crippen molar-refractivity contribution in [1.82, 2.24) is 5.32 Å². The van der Waals surface area contributed by atoms with E-state index < -0.39 is 0 Å². The first-order chi connectivity index (χ1) is 10.1. The molecule has 0 aromatic heterocycles. The number of benzene rings is 1. The minimum atomic E-state index is 0.000407. The Morgan fingerprint density at radius 2 is 1.90 bits per heavy atom. The Hall–Kier alpha value is -0.520. The van der Waals surface area contributed by atoms with Gasteiger partial charge in [0.1, 0.15) is 18.0 Å². The second kappa shape index (κ2) is 8.20. The molecule has 0 saturated heterocycles. The zero-order valence-electron chi connectivity index (χ0n) is 12.3. The largest absolute Gasteiger partial charge is 0.487 e. The Bertz CT molecular complexity index is 438. The van der Waals surface area contributed by atoms with Gasteiger partial charge in [0.15, 0.2) is 0 Å². The average Bonchev–Trinajstić information content (AvgIpc) is 2.41. The maximum Gasteiger partial charge on any atom is 0.128 e. The summed E-state index contributed by atoms with van der Waals surface area (Å²) in [4.78, 5) is 0. The number of rotatable bonds is 8. The minimum absolute atomic E-state index is 0.000407. The standard InChI is InChI=1S/C15H21Cl2NO3/c1-3-18-13-9-14(15(13)20-5-4-19-2)21-12-7-10(16)6-11(17)8-12/h6-8,13-15,18H,3-5,9H2,1-2H3. The van der Waals surface area contributed by atoms with Crippen LogP contribution in [0.2, 0.25) is 10.0 Å². The lowest BCUT2D eigenvalue weighted by Gasteiger charge is -2.44. The van der Waals surface area contributed by atoms with Crippen LogP contribution in [0.25, 0.3) is 0 Å². The van der Waals surface area contributed by atoms with Crippen molar-refractivity contribution in [3.63, 3.8) is 0 Å². The Balaban J connectivity index is 1.94. The molecule has 3 atom stereocenters. The Morgan fingerprint density at radius 1 is 1.19 bits per heavy atom. The lowest BCUT2D eigenvalue weighted by Crippen LogP contribution is -2.61. The quantitative estimate of drug-likeness (QED) is 0.742. The van der Waals surface area contributed by atoms with E-state index in [2.05, 4.69) is 12.2 Å². The molecule has 0 amide bonds. The van der Waals surface area contributed by atoms with Crippen LogP contribution in [0.5, 0.6) is 5.75 Å². The van der Waals surface area contributed by atoms with Crippen molar-refractivity contribution in [3.05, 3.63) is 28.2 Å². The number of hydrogen-bond donors (Lipinski definition) is 1. The molecule has 21 heavy (non-hydrogen) atoms. The van der Waals surface area contributed by atoms with E-state index >= 15 is 0 Å². The molecule has 1 aliphatic carbocycles. The van der Waals surface area contributed by atoms with Crippen molar-refractivity contribution >= 4 is 23.2 Å². The van der Waals surface area contributed by atoms with Gasteiger partial charge in [0.05, 0.1) is 13.2 Å². The lowest BCUT2D eigenvalue weighted by molar-refractivity contribution is -0.115. The fourth-order valence-corrected chi connectivity index (χ4v) is 2.93. The van der Waals surface area contributed by atoms with E-state index in [0.29, 0.717) is 35.1 Å². The molecule has 4 nitrogen and oxygen atoms in total. The second-order valence-corrected chi connectivity index (χ2v) is 5.86. The molecule has 1 aliphatic rings. The number of halogens is 2. The number of methoxy groups -OCH3 is 1. The van der Waals surface area contributed by atoms with Crippen molar-refractivity contribution in [2.24, 2.45) is 0 Å². The van der Waals surface area contributed by atoms with E-state index in [1.807, 2.05) is 0 Å². The van der Waals surface area contributed by atoms with Crippen molar-refractivity contribution in [3.8, 4) is 5.75 Å². The van der Waals surface area contributed by atoms with Crippen LogP contribution in [-0.2, 0) is 9.47 Å². The molecular formula is C15H21Cl2NO3. The molecule has 1 aromatic carbocycles. The first-order valence-corrected chi connectivity index (χ1v) is 7.86. The first kappa shape index (κ1) is 16.8. The average molecular weight is 334 g/mol. The first-order valence-electron chi connectivity index (χ1n) is 7.10. The van der Waals surface area contributed by atoms with Crippen LogP contribution >= 0.6 is 23.2 Å². The highest BCUT2D eigenvalue weighted by molar-refractivity contribution is 6.34. The molecule has 1 aromatic rings. The fraction of sp³-hybridized carbons (Fsp3) is 0.600. The highest BCUT2D eigenvalue weighted by Crippen LogP contribution is 2.31. The van der Waals surface area contributed by atoms with Crippen LogP contribution in [-0.4, -0.2) is 45.1 Å². The number of ether oxygens (including phenoxy) is 3. The van der Waals surface area contributed by atoms with Gasteiger partial charge >= 0.3 is 0 Å². The van der Waals surface area contributed by atoms with E-state index in [4.69, 9.17) is 37.4 Å². The van der Waals surface area contributed by atoms with Crippen molar-refractivity contribution in [2.75, 3.05) is 26.9 Å². The van der Waals surface area contributed by atoms with Gasteiger partial charge in [0, 0.05) is 29.6 Å². The zero-order valence-corrected chi connectivity index (χ0v) is 13.8. The Morgan fingerprint density at radius 3 is 2.52 bits per heavy atom. The molecule has 2 rings (SSSR count). The molecule has 0 radical (unpaired) electrons. The third-order valence-electron chi connectivity index (χ3n) is 3.44. The van der Waals surface area contributed by atoms with E-state index in [0.717, 1.165) is 13.0 Å². The molecular weight excluding hydrogens is 313 g/mol. The smallest absolute Gasteiger partial charge is 0.128 e. The highest BCUT2D eigenvalue weighted by Gasteiger charge is 2.43. The normalized spacial score (nSPS) is 24.7. The van der Waals surface area contributed by atoms with Gasteiger partial charge in [-0.25, -0.2) is 0 Å². The number of hydrogen-bond acceptors (Lipinski definition) is 4. The molecule has 6 heteroatoms. The van der Waals surface area contributed by atoms with Crippen LogP contribution in [0.15, 0.2) is 18.2 Å². The summed E-state index contributed by atoms with van der Waals surface area (Å²) in [5.41, 5.74) is 0. The van der Waals surface area contributed by atoms with Gasteiger partial charge in [0.2, 0.25) is 0 Å². The van der Waals surface area contributed by atoms with Gasteiger partial charge in [0.25, 0.3) is 0 Å². The van der Waals surface area contributed by atoms with Crippen LogP contribution in [0, 0.1) is 0 Å². The van der Waals surface area contributed by atoms with Crippen molar-refractivity contribution in [1.29, 1.82) is 0 Å². The van der Waals surface area contributed by atoms with Gasteiger partial charge < -0.3 is 19.5 Å². The summed E-state index contributed by atoms with van der Waals surface area (Å²) in [5.74, 6) is 0.674.